The fraction of sp³-hybridized carbons (Fsp3) is 0.294. The molecule has 1 saturated heterocycles. The van der Waals surface area contributed by atoms with Crippen molar-refractivity contribution in [1.29, 1.82) is 0 Å². The molecule has 1 aromatic heterocycles. The highest BCUT2D eigenvalue weighted by molar-refractivity contribution is 6.07. The van der Waals surface area contributed by atoms with Gasteiger partial charge >= 0.3 is 0 Å². The van der Waals surface area contributed by atoms with Gasteiger partial charge in [0.2, 0.25) is 0 Å². The minimum atomic E-state index is -0.812. The summed E-state index contributed by atoms with van der Waals surface area (Å²) in [7, 11) is 2.04. The van der Waals surface area contributed by atoms with Crippen LogP contribution in [0.25, 0.3) is 0 Å². The first-order valence-electron chi connectivity index (χ1n) is 7.69. The molecule has 1 aliphatic heterocycles. The highest BCUT2D eigenvalue weighted by Gasteiger charge is 2.21. The van der Waals surface area contributed by atoms with Crippen molar-refractivity contribution in [2.75, 3.05) is 43.4 Å². The highest BCUT2D eigenvalue weighted by Crippen LogP contribution is 2.21. The Morgan fingerprint density at radius 2 is 1.92 bits per heavy atom. The van der Waals surface area contributed by atoms with Crippen LogP contribution in [0, 0.1) is 11.6 Å². The van der Waals surface area contributed by atoms with Gasteiger partial charge in [-0.3, -0.25) is 4.79 Å². The summed E-state index contributed by atoms with van der Waals surface area (Å²) in [5.74, 6) is -1.40. The van der Waals surface area contributed by atoms with Crippen LogP contribution in [0.3, 0.4) is 0 Å². The van der Waals surface area contributed by atoms with Gasteiger partial charge in [0.15, 0.2) is 0 Å². The van der Waals surface area contributed by atoms with Gasteiger partial charge in [-0.1, -0.05) is 0 Å². The van der Waals surface area contributed by atoms with E-state index in [1.807, 2.05) is 11.9 Å². The SMILES string of the molecule is CN1CCN(c2ncccc2C(=O)Nc2ccc(F)cc2F)CC1. The molecule has 1 N–H and O–H groups in total. The average molecular weight is 332 g/mol. The predicted molar refractivity (Wildman–Crippen MR) is 88.3 cm³/mol. The predicted octanol–water partition coefficient (Wildman–Crippen LogP) is 2.36. The number of likely N-dealkylation sites (N-methyl/N-ethyl adjacent to an activating group) is 1. The van der Waals surface area contributed by atoms with E-state index in [1.165, 1.54) is 6.07 Å². The summed E-state index contributed by atoms with van der Waals surface area (Å²) < 4.78 is 26.7. The van der Waals surface area contributed by atoms with E-state index in [1.54, 1.807) is 18.3 Å². The second kappa shape index (κ2) is 6.92. The fourth-order valence-corrected chi connectivity index (χ4v) is 2.62. The van der Waals surface area contributed by atoms with Crippen molar-refractivity contribution in [2.45, 2.75) is 0 Å². The fourth-order valence-electron chi connectivity index (χ4n) is 2.62. The van der Waals surface area contributed by atoms with Gasteiger partial charge in [-0.15, -0.1) is 0 Å². The molecule has 0 aliphatic carbocycles. The van der Waals surface area contributed by atoms with Crippen molar-refractivity contribution in [1.82, 2.24) is 9.88 Å². The Labute approximate surface area is 138 Å². The lowest BCUT2D eigenvalue weighted by Gasteiger charge is -2.34. The number of nitrogens with zero attached hydrogens (tertiary/aromatic N) is 3. The molecule has 5 nitrogen and oxygen atoms in total. The van der Waals surface area contributed by atoms with E-state index in [2.05, 4.69) is 15.2 Å². The van der Waals surface area contributed by atoms with Crippen molar-refractivity contribution in [2.24, 2.45) is 0 Å². The van der Waals surface area contributed by atoms with Gasteiger partial charge in [-0.05, 0) is 31.3 Å². The van der Waals surface area contributed by atoms with E-state index in [0.29, 0.717) is 11.4 Å². The summed E-state index contributed by atoms with van der Waals surface area (Å²) in [4.78, 5) is 21.1. The number of pyridine rings is 1. The second-order valence-electron chi connectivity index (χ2n) is 5.74. The molecule has 7 heteroatoms. The lowest BCUT2D eigenvalue weighted by atomic mass is 10.2. The van der Waals surface area contributed by atoms with Gasteiger partial charge in [0.1, 0.15) is 17.5 Å². The van der Waals surface area contributed by atoms with Crippen molar-refractivity contribution < 1.29 is 13.6 Å². The van der Waals surface area contributed by atoms with Crippen LogP contribution in [-0.4, -0.2) is 49.0 Å². The van der Waals surface area contributed by atoms with E-state index in [-0.39, 0.29) is 5.69 Å². The van der Waals surface area contributed by atoms with Crippen LogP contribution in [0.5, 0.6) is 0 Å². The molecule has 0 radical (unpaired) electrons. The Bertz CT molecular complexity index is 745. The van der Waals surface area contributed by atoms with Crippen molar-refractivity contribution >= 4 is 17.4 Å². The number of aromatic nitrogens is 1. The number of piperazine rings is 1. The lowest BCUT2D eigenvalue weighted by molar-refractivity contribution is 0.102. The quantitative estimate of drug-likeness (QED) is 0.937. The number of carbonyl (C=O) groups is 1. The molecule has 0 bridgehead atoms. The zero-order chi connectivity index (χ0) is 17.1. The minimum Gasteiger partial charge on any atom is -0.353 e. The van der Waals surface area contributed by atoms with Crippen LogP contribution in [0.4, 0.5) is 20.3 Å². The largest absolute Gasteiger partial charge is 0.353 e. The van der Waals surface area contributed by atoms with Crippen LogP contribution in [0.2, 0.25) is 0 Å². The molecule has 2 heterocycles. The summed E-state index contributed by atoms with van der Waals surface area (Å²) >= 11 is 0. The third kappa shape index (κ3) is 3.51. The number of hydrogen-bond acceptors (Lipinski definition) is 4. The number of hydrogen-bond donors (Lipinski definition) is 1. The normalized spacial score (nSPS) is 15.4. The summed E-state index contributed by atoms with van der Waals surface area (Å²) in [6, 6.07) is 6.35. The molecule has 126 valence electrons. The van der Waals surface area contributed by atoms with Gasteiger partial charge in [0.05, 0.1) is 11.3 Å². The molecule has 1 fully saturated rings. The van der Waals surface area contributed by atoms with E-state index < -0.39 is 17.5 Å². The van der Waals surface area contributed by atoms with E-state index >= 15 is 0 Å². The topological polar surface area (TPSA) is 48.5 Å². The number of rotatable bonds is 3. The lowest BCUT2D eigenvalue weighted by Crippen LogP contribution is -2.45. The smallest absolute Gasteiger partial charge is 0.259 e. The molecule has 0 atom stereocenters. The van der Waals surface area contributed by atoms with Crippen LogP contribution < -0.4 is 10.2 Å². The third-order valence-corrected chi connectivity index (χ3v) is 4.01. The van der Waals surface area contributed by atoms with E-state index in [4.69, 9.17) is 0 Å². The Hall–Kier alpha value is -2.54. The molecule has 1 amide bonds. The number of anilines is 2. The Kier molecular flexibility index (Phi) is 4.71. The number of carbonyl (C=O) groups excluding carboxylic acids is 1. The molecule has 24 heavy (non-hydrogen) atoms. The molecule has 1 aromatic carbocycles. The monoisotopic (exact) mass is 332 g/mol. The molecule has 2 aromatic rings. The maximum Gasteiger partial charge on any atom is 0.259 e. The molecule has 0 unspecified atom stereocenters. The number of nitrogens with one attached hydrogen (secondary N) is 1. The summed E-state index contributed by atoms with van der Waals surface area (Å²) in [6.07, 6.45) is 1.63. The van der Waals surface area contributed by atoms with Gasteiger partial charge < -0.3 is 15.1 Å². The van der Waals surface area contributed by atoms with Gasteiger partial charge in [-0.25, -0.2) is 13.8 Å². The highest BCUT2D eigenvalue weighted by atomic mass is 19.1. The standard InChI is InChI=1S/C17H18F2N4O/c1-22-7-9-23(10-8-22)16-13(3-2-6-20-16)17(24)21-15-5-4-12(18)11-14(15)19/h2-6,11H,7-10H2,1H3,(H,21,24). The van der Waals surface area contributed by atoms with Crippen LogP contribution in [-0.2, 0) is 0 Å². The molecule has 3 rings (SSSR count). The first-order valence-corrected chi connectivity index (χ1v) is 7.69. The van der Waals surface area contributed by atoms with Crippen molar-refractivity contribution in [3.63, 3.8) is 0 Å². The van der Waals surface area contributed by atoms with E-state index in [0.717, 1.165) is 38.3 Å². The average Bonchev–Trinajstić information content (AvgIpc) is 2.58. The molecular formula is C17H18F2N4O. The third-order valence-electron chi connectivity index (χ3n) is 4.01. The number of amides is 1. The zero-order valence-corrected chi connectivity index (χ0v) is 13.3. The summed E-state index contributed by atoms with van der Waals surface area (Å²) in [5, 5.41) is 2.48. The zero-order valence-electron chi connectivity index (χ0n) is 13.3. The molecule has 0 spiro atoms. The van der Waals surface area contributed by atoms with E-state index in [9.17, 15) is 13.6 Å². The van der Waals surface area contributed by atoms with Crippen molar-refractivity contribution in [3.8, 4) is 0 Å². The van der Waals surface area contributed by atoms with Gasteiger partial charge in [0.25, 0.3) is 5.91 Å². The number of benzene rings is 1. The first kappa shape index (κ1) is 16.3. The summed E-state index contributed by atoms with van der Waals surface area (Å²) in [5.41, 5.74) is 0.306. The minimum absolute atomic E-state index is 0.0606. The second-order valence-corrected chi connectivity index (χ2v) is 5.74. The maximum absolute atomic E-state index is 13.7. The first-order chi connectivity index (χ1) is 11.5. The molecular weight excluding hydrogens is 314 g/mol. The Morgan fingerprint density at radius 3 is 2.62 bits per heavy atom. The molecule has 1 aliphatic rings. The van der Waals surface area contributed by atoms with Gasteiger partial charge in [-0.2, -0.15) is 0 Å². The maximum atomic E-state index is 13.7. The van der Waals surface area contributed by atoms with Crippen LogP contribution >= 0.6 is 0 Å². The summed E-state index contributed by atoms with van der Waals surface area (Å²) in [6.45, 7) is 3.28. The van der Waals surface area contributed by atoms with Crippen LogP contribution in [0.1, 0.15) is 10.4 Å². The molecule has 0 saturated carbocycles. The Morgan fingerprint density at radius 1 is 1.17 bits per heavy atom. The van der Waals surface area contributed by atoms with Crippen LogP contribution in [0.15, 0.2) is 36.5 Å². The Balaban J connectivity index is 1.82. The number of halogens is 2. The van der Waals surface area contributed by atoms with Gasteiger partial charge in [0, 0.05) is 38.4 Å². The van der Waals surface area contributed by atoms with Crippen molar-refractivity contribution in [3.05, 3.63) is 53.7 Å².